The molecule has 1 unspecified atom stereocenters. The van der Waals surface area contributed by atoms with E-state index in [0.29, 0.717) is 28.4 Å². The van der Waals surface area contributed by atoms with Crippen LogP contribution in [0.1, 0.15) is 27.6 Å². The standard InChI is InChI=1S/C23H16O4/c24-22-17-8-4-5-9-19(17)27-23(16-6-2-1-3-7-16)18(22)12-15-10-11-20-21(13-15)26-14-25-20/h1-13,23H,14H2/b18-12+. The van der Waals surface area contributed by atoms with Gasteiger partial charge in [0.15, 0.2) is 23.4 Å². The molecular weight excluding hydrogens is 340 g/mol. The molecule has 0 N–H and O–H groups in total. The average Bonchev–Trinajstić information content (AvgIpc) is 3.18. The SMILES string of the molecule is O=C1/C(=C\c2ccc3c(c2)OCO3)C(c2ccccc2)Oc2ccccc21. The van der Waals surface area contributed by atoms with Crippen LogP contribution in [0.5, 0.6) is 17.2 Å². The quantitative estimate of drug-likeness (QED) is 0.618. The highest BCUT2D eigenvalue weighted by atomic mass is 16.7. The van der Waals surface area contributed by atoms with Crippen molar-refractivity contribution >= 4 is 11.9 Å². The minimum absolute atomic E-state index is 0.0247. The third-order valence-electron chi connectivity index (χ3n) is 4.74. The van der Waals surface area contributed by atoms with E-state index >= 15 is 0 Å². The van der Waals surface area contributed by atoms with Crippen LogP contribution in [0, 0.1) is 0 Å². The Morgan fingerprint density at radius 1 is 0.815 bits per heavy atom. The summed E-state index contributed by atoms with van der Waals surface area (Å²) >= 11 is 0. The third-order valence-corrected chi connectivity index (χ3v) is 4.74. The molecule has 4 heteroatoms. The van der Waals surface area contributed by atoms with Crippen molar-refractivity contribution in [2.75, 3.05) is 6.79 Å². The van der Waals surface area contributed by atoms with Crippen LogP contribution in [-0.2, 0) is 0 Å². The molecule has 1 atom stereocenters. The number of ketones is 1. The minimum Gasteiger partial charge on any atom is -0.480 e. The van der Waals surface area contributed by atoms with E-state index < -0.39 is 6.10 Å². The van der Waals surface area contributed by atoms with Crippen molar-refractivity contribution in [1.82, 2.24) is 0 Å². The summed E-state index contributed by atoms with van der Waals surface area (Å²) in [5, 5.41) is 0. The summed E-state index contributed by atoms with van der Waals surface area (Å²) in [7, 11) is 0. The first-order valence-electron chi connectivity index (χ1n) is 8.76. The number of para-hydroxylation sites is 1. The molecule has 0 saturated heterocycles. The molecule has 0 bridgehead atoms. The number of carbonyl (C=O) groups excluding carboxylic acids is 1. The molecule has 4 nitrogen and oxygen atoms in total. The van der Waals surface area contributed by atoms with Gasteiger partial charge in [0.1, 0.15) is 5.75 Å². The maximum absolute atomic E-state index is 13.2. The highest BCUT2D eigenvalue weighted by Gasteiger charge is 2.32. The predicted molar refractivity (Wildman–Crippen MR) is 101 cm³/mol. The molecule has 2 aliphatic heterocycles. The molecule has 132 valence electrons. The summed E-state index contributed by atoms with van der Waals surface area (Å²) < 4.78 is 17.0. The van der Waals surface area contributed by atoms with Crippen molar-refractivity contribution in [2.24, 2.45) is 0 Å². The maximum Gasteiger partial charge on any atom is 0.231 e. The predicted octanol–water partition coefficient (Wildman–Crippen LogP) is 4.82. The molecule has 0 amide bonds. The number of hydrogen-bond donors (Lipinski definition) is 0. The van der Waals surface area contributed by atoms with Gasteiger partial charge in [0, 0.05) is 5.57 Å². The molecule has 0 fully saturated rings. The fraction of sp³-hybridized carbons (Fsp3) is 0.0870. The Bertz CT molecular complexity index is 1050. The Labute approximate surface area is 156 Å². The fourth-order valence-electron chi connectivity index (χ4n) is 3.42. The van der Waals surface area contributed by atoms with Gasteiger partial charge in [-0.25, -0.2) is 0 Å². The maximum atomic E-state index is 13.2. The van der Waals surface area contributed by atoms with E-state index in [9.17, 15) is 4.79 Å². The van der Waals surface area contributed by atoms with E-state index in [2.05, 4.69) is 0 Å². The van der Waals surface area contributed by atoms with Crippen LogP contribution in [0.15, 0.2) is 78.4 Å². The molecule has 5 rings (SSSR count). The van der Waals surface area contributed by atoms with Gasteiger partial charge in [-0.3, -0.25) is 4.79 Å². The summed E-state index contributed by atoms with van der Waals surface area (Å²) in [6.07, 6.45) is 1.41. The number of carbonyl (C=O) groups is 1. The van der Waals surface area contributed by atoms with Gasteiger partial charge < -0.3 is 14.2 Å². The molecule has 3 aromatic carbocycles. The second-order valence-corrected chi connectivity index (χ2v) is 6.45. The average molecular weight is 356 g/mol. The van der Waals surface area contributed by atoms with Crippen molar-refractivity contribution in [3.8, 4) is 17.2 Å². The van der Waals surface area contributed by atoms with E-state index in [0.717, 1.165) is 11.1 Å². The summed E-state index contributed by atoms with van der Waals surface area (Å²) in [5.41, 5.74) is 2.98. The Hall–Kier alpha value is -3.53. The van der Waals surface area contributed by atoms with Gasteiger partial charge in [-0.1, -0.05) is 48.5 Å². The Balaban J connectivity index is 1.63. The highest BCUT2D eigenvalue weighted by molar-refractivity contribution is 6.14. The van der Waals surface area contributed by atoms with Crippen LogP contribution < -0.4 is 14.2 Å². The molecule has 3 aromatic rings. The van der Waals surface area contributed by atoms with E-state index in [1.165, 1.54) is 0 Å². The van der Waals surface area contributed by atoms with Gasteiger partial charge in [-0.05, 0) is 41.5 Å². The zero-order chi connectivity index (χ0) is 18.2. The second kappa shape index (κ2) is 6.32. The number of fused-ring (bicyclic) bond motifs is 2. The summed E-state index contributed by atoms with van der Waals surface area (Å²) in [5.74, 6) is 1.99. The molecule has 0 saturated carbocycles. The lowest BCUT2D eigenvalue weighted by atomic mass is 9.89. The van der Waals surface area contributed by atoms with Crippen molar-refractivity contribution in [1.29, 1.82) is 0 Å². The molecular formula is C23H16O4. The summed E-state index contributed by atoms with van der Waals surface area (Å²) in [6, 6.07) is 22.8. The molecule has 0 radical (unpaired) electrons. The highest BCUT2D eigenvalue weighted by Crippen LogP contribution is 2.40. The normalized spacial score (nSPS) is 18.9. The van der Waals surface area contributed by atoms with Crippen LogP contribution >= 0.6 is 0 Å². The first kappa shape index (κ1) is 15.7. The topological polar surface area (TPSA) is 44.8 Å². The van der Waals surface area contributed by atoms with Crippen LogP contribution in [0.25, 0.3) is 6.08 Å². The van der Waals surface area contributed by atoms with Gasteiger partial charge >= 0.3 is 0 Å². The van der Waals surface area contributed by atoms with E-state index in [1.807, 2.05) is 72.8 Å². The van der Waals surface area contributed by atoms with E-state index in [4.69, 9.17) is 14.2 Å². The van der Waals surface area contributed by atoms with Crippen LogP contribution in [0.4, 0.5) is 0 Å². The van der Waals surface area contributed by atoms with Crippen molar-refractivity contribution in [3.63, 3.8) is 0 Å². The molecule has 2 heterocycles. The number of rotatable bonds is 2. The Kier molecular flexibility index (Phi) is 3.68. The first-order valence-corrected chi connectivity index (χ1v) is 8.76. The van der Waals surface area contributed by atoms with E-state index in [1.54, 1.807) is 6.07 Å². The van der Waals surface area contributed by atoms with Gasteiger partial charge in [0.2, 0.25) is 6.79 Å². The van der Waals surface area contributed by atoms with Gasteiger partial charge in [0.25, 0.3) is 0 Å². The van der Waals surface area contributed by atoms with Crippen LogP contribution in [0.2, 0.25) is 0 Å². The molecule has 0 aliphatic carbocycles. The number of Topliss-reactive ketones (excluding diaryl/α,β-unsaturated/α-hetero) is 1. The van der Waals surface area contributed by atoms with Crippen molar-refractivity contribution < 1.29 is 19.0 Å². The zero-order valence-electron chi connectivity index (χ0n) is 14.4. The van der Waals surface area contributed by atoms with Crippen LogP contribution in [-0.4, -0.2) is 12.6 Å². The summed E-state index contributed by atoms with van der Waals surface area (Å²) in [4.78, 5) is 13.2. The fourth-order valence-corrected chi connectivity index (χ4v) is 3.42. The van der Waals surface area contributed by atoms with Crippen LogP contribution in [0.3, 0.4) is 0 Å². The molecule has 0 spiro atoms. The summed E-state index contributed by atoms with van der Waals surface area (Å²) in [6.45, 7) is 0.220. The van der Waals surface area contributed by atoms with Crippen molar-refractivity contribution in [2.45, 2.75) is 6.10 Å². The molecule has 0 aromatic heterocycles. The largest absolute Gasteiger partial charge is 0.480 e. The van der Waals surface area contributed by atoms with E-state index in [-0.39, 0.29) is 12.6 Å². The lowest BCUT2D eigenvalue weighted by Gasteiger charge is -2.28. The zero-order valence-corrected chi connectivity index (χ0v) is 14.4. The lowest BCUT2D eigenvalue weighted by molar-refractivity contribution is 0.0963. The number of ether oxygens (including phenoxy) is 3. The Morgan fingerprint density at radius 3 is 2.48 bits per heavy atom. The Morgan fingerprint density at radius 2 is 1.59 bits per heavy atom. The third kappa shape index (κ3) is 2.75. The number of hydrogen-bond acceptors (Lipinski definition) is 4. The number of benzene rings is 3. The first-order chi connectivity index (χ1) is 13.3. The minimum atomic E-state index is -0.459. The molecule has 2 aliphatic rings. The smallest absolute Gasteiger partial charge is 0.231 e. The lowest BCUT2D eigenvalue weighted by Crippen LogP contribution is -2.23. The van der Waals surface area contributed by atoms with Gasteiger partial charge in [0.05, 0.1) is 5.56 Å². The monoisotopic (exact) mass is 356 g/mol. The van der Waals surface area contributed by atoms with Crippen molar-refractivity contribution in [3.05, 3.63) is 95.1 Å². The molecule has 27 heavy (non-hydrogen) atoms. The van der Waals surface area contributed by atoms with Gasteiger partial charge in [-0.15, -0.1) is 0 Å². The second-order valence-electron chi connectivity index (χ2n) is 6.45. The van der Waals surface area contributed by atoms with Gasteiger partial charge in [-0.2, -0.15) is 0 Å².